The zero-order valence-corrected chi connectivity index (χ0v) is 17.3. The van der Waals surface area contributed by atoms with Crippen LogP contribution in [0.25, 0.3) is 17.1 Å². The molecule has 0 aliphatic carbocycles. The predicted octanol–water partition coefficient (Wildman–Crippen LogP) is 4.83. The summed E-state index contributed by atoms with van der Waals surface area (Å²) >= 11 is 12.4. The quantitative estimate of drug-likeness (QED) is 0.377. The number of benzene rings is 2. The third-order valence-corrected chi connectivity index (χ3v) is 4.90. The Bertz CT molecular complexity index is 1280. The van der Waals surface area contributed by atoms with Crippen molar-refractivity contribution in [3.63, 3.8) is 0 Å². The molecule has 8 nitrogen and oxygen atoms in total. The number of anilines is 2. The van der Waals surface area contributed by atoms with Crippen LogP contribution in [0, 0.1) is 0 Å². The molecule has 0 radical (unpaired) electrons. The summed E-state index contributed by atoms with van der Waals surface area (Å²) in [6.45, 7) is 0. The molecule has 2 aromatic heterocycles. The average Bonchev–Trinajstić information content (AvgIpc) is 3.36. The second-order valence-corrected chi connectivity index (χ2v) is 7.29. The molecule has 0 aliphatic heterocycles. The number of aromatic amines is 1. The number of halogens is 5. The number of carbonyl (C=O) groups is 1. The minimum absolute atomic E-state index is 0.0613. The smallest absolute Gasteiger partial charge is 0.364 e. The van der Waals surface area contributed by atoms with Crippen molar-refractivity contribution in [3.8, 4) is 17.1 Å². The number of hydrogen-bond acceptors (Lipinski definition) is 5. The second kappa shape index (κ2) is 8.17. The Morgan fingerprint density at radius 2 is 1.75 bits per heavy atom. The topological polar surface area (TPSA) is 115 Å². The number of nitrogens with one attached hydrogen (secondary N) is 2. The number of aromatic nitrogens is 5. The first-order valence-electron chi connectivity index (χ1n) is 8.84. The van der Waals surface area contributed by atoms with E-state index in [0.717, 1.165) is 0 Å². The van der Waals surface area contributed by atoms with Gasteiger partial charge in [0.1, 0.15) is 5.69 Å². The highest BCUT2D eigenvalue weighted by atomic mass is 35.5. The van der Waals surface area contributed by atoms with E-state index in [1.54, 1.807) is 30.3 Å². The lowest BCUT2D eigenvalue weighted by molar-refractivity contribution is -0.144. The van der Waals surface area contributed by atoms with E-state index in [-0.39, 0.29) is 17.2 Å². The zero-order valence-electron chi connectivity index (χ0n) is 15.8. The van der Waals surface area contributed by atoms with Gasteiger partial charge in [-0.1, -0.05) is 29.3 Å². The molecule has 0 saturated carbocycles. The van der Waals surface area contributed by atoms with Crippen LogP contribution >= 0.6 is 23.2 Å². The van der Waals surface area contributed by atoms with Gasteiger partial charge in [0.2, 0.25) is 5.82 Å². The minimum Gasteiger partial charge on any atom is -0.364 e. The number of primary amides is 1. The molecule has 0 fully saturated rings. The molecule has 13 heteroatoms. The maximum Gasteiger partial charge on any atom is 0.451 e. The van der Waals surface area contributed by atoms with Gasteiger partial charge in [0.15, 0.2) is 11.5 Å². The number of nitrogens with two attached hydrogens (primary N) is 1. The molecule has 0 unspecified atom stereocenters. The van der Waals surface area contributed by atoms with Crippen molar-refractivity contribution in [1.29, 1.82) is 0 Å². The molecule has 0 bridgehead atoms. The largest absolute Gasteiger partial charge is 0.451 e. The lowest BCUT2D eigenvalue weighted by Gasteiger charge is -2.06. The Labute approximate surface area is 188 Å². The van der Waals surface area contributed by atoms with Gasteiger partial charge in [0.05, 0.1) is 21.9 Å². The molecule has 2 aromatic carbocycles. The normalized spacial score (nSPS) is 11.5. The highest BCUT2D eigenvalue weighted by Gasteiger charge is 2.35. The van der Waals surface area contributed by atoms with Crippen LogP contribution in [0.5, 0.6) is 0 Å². The Morgan fingerprint density at radius 1 is 1.09 bits per heavy atom. The Kier molecular flexibility index (Phi) is 5.53. The Hall–Kier alpha value is -3.57. The van der Waals surface area contributed by atoms with Gasteiger partial charge in [0.25, 0.3) is 5.91 Å². The fraction of sp³-hybridized carbons (Fsp3) is 0.0526. The summed E-state index contributed by atoms with van der Waals surface area (Å²) in [5.41, 5.74) is 6.89. The lowest BCUT2D eigenvalue weighted by Crippen LogP contribution is -2.14. The predicted molar refractivity (Wildman–Crippen MR) is 112 cm³/mol. The van der Waals surface area contributed by atoms with Gasteiger partial charge in [-0.25, -0.2) is 9.67 Å². The van der Waals surface area contributed by atoms with Gasteiger partial charge >= 0.3 is 6.18 Å². The van der Waals surface area contributed by atoms with E-state index in [4.69, 9.17) is 28.9 Å². The van der Waals surface area contributed by atoms with Gasteiger partial charge in [-0.05, 0) is 36.4 Å². The minimum atomic E-state index is -4.62. The number of rotatable bonds is 5. The van der Waals surface area contributed by atoms with Crippen LogP contribution in [0.3, 0.4) is 0 Å². The first-order chi connectivity index (χ1) is 15.1. The first-order valence-corrected chi connectivity index (χ1v) is 9.60. The van der Waals surface area contributed by atoms with Crippen LogP contribution in [0.4, 0.5) is 24.5 Å². The lowest BCUT2D eigenvalue weighted by atomic mass is 10.2. The highest BCUT2D eigenvalue weighted by Crippen LogP contribution is 2.31. The van der Waals surface area contributed by atoms with Crippen LogP contribution in [0.1, 0.15) is 16.3 Å². The second-order valence-electron chi connectivity index (χ2n) is 6.48. The van der Waals surface area contributed by atoms with Crippen molar-refractivity contribution >= 4 is 40.5 Å². The van der Waals surface area contributed by atoms with Crippen LogP contribution < -0.4 is 11.1 Å². The number of hydrogen-bond donors (Lipinski definition) is 3. The summed E-state index contributed by atoms with van der Waals surface area (Å²) in [6, 6.07) is 11.1. The molecule has 164 valence electrons. The summed E-state index contributed by atoms with van der Waals surface area (Å²) in [5, 5.41) is 13.2. The van der Waals surface area contributed by atoms with E-state index in [1.165, 1.54) is 23.0 Å². The number of amides is 1. The Morgan fingerprint density at radius 3 is 2.31 bits per heavy atom. The molecule has 0 spiro atoms. The molecule has 32 heavy (non-hydrogen) atoms. The number of nitrogens with zero attached hydrogens (tertiary/aromatic N) is 4. The van der Waals surface area contributed by atoms with Crippen LogP contribution in [0.15, 0.2) is 48.7 Å². The van der Waals surface area contributed by atoms with Crippen LogP contribution in [0.2, 0.25) is 10.0 Å². The van der Waals surface area contributed by atoms with Crippen molar-refractivity contribution in [1.82, 2.24) is 25.0 Å². The third-order valence-electron chi connectivity index (χ3n) is 4.29. The van der Waals surface area contributed by atoms with Crippen molar-refractivity contribution in [2.45, 2.75) is 6.18 Å². The van der Waals surface area contributed by atoms with Crippen molar-refractivity contribution < 1.29 is 18.0 Å². The standard InChI is InChI=1S/C19H12Cl2F3N7O/c20-11-2-1-3-12(21)15(11)31-8-13(14(30-31)16(25)32)26-10-6-4-9(5-7-10)17-27-18(29-28-17)19(22,23)24/h1-8,26H,(H2,25,32)(H,27,28,29). The fourth-order valence-corrected chi connectivity index (χ4v) is 3.42. The van der Waals surface area contributed by atoms with E-state index in [2.05, 4.69) is 20.5 Å². The number of carbonyl (C=O) groups excluding carboxylic acids is 1. The van der Waals surface area contributed by atoms with E-state index in [0.29, 0.717) is 27.0 Å². The molecule has 0 aliphatic rings. The summed E-state index contributed by atoms with van der Waals surface area (Å²) in [4.78, 5) is 15.3. The van der Waals surface area contributed by atoms with Crippen LogP contribution in [-0.4, -0.2) is 30.9 Å². The van der Waals surface area contributed by atoms with E-state index in [9.17, 15) is 18.0 Å². The number of para-hydroxylation sites is 1. The molecule has 4 aromatic rings. The zero-order chi connectivity index (χ0) is 23.0. The number of H-pyrrole nitrogens is 1. The highest BCUT2D eigenvalue weighted by molar-refractivity contribution is 6.37. The molecule has 0 saturated heterocycles. The Balaban J connectivity index is 1.62. The summed E-state index contributed by atoms with van der Waals surface area (Å²) in [6.07, 6.45) is -3.13. The summed E-state index contributed by atoms with van der Waals surface area (Å²) in [7, 11) is 0. The van der Waals surface area contributed by atoms with Gasteiger partial charge in [-0.2, -0.15) is 23.4 Å². The molecular formula is C19H12Cl2F3N7O. The fourth-order valence-electron chi connectivity index (χ4n) is 2.85. The number of alkyl halides is 3. The monoisotopic (exact) mass is 481 g/mol. The molecule has 0 atom stereocenters. The molecule has 2 heterocycles. The maximum absolute atomic E-state index is 12.7. The molecule has 4 rings (SSSR count). The molecule has 4 N–H and O–H groups in total. The third kappa shape index (κ3) is 4.25. The SMILES string of the molecule is NC(=O)c1nn(-c2c(Cl)cccc2Cl)cc1Nc1ccc(-c2n[nH]c(C(F)(F)F)n2)cc1. The van der Waals surface area contributed by atoms with Crippen molar-refractivity contribution in [2.24, 2.45) is 5.73 Å². The van der Waals surface area contributed by atoms with Gasteiger partial charge < -0.3 is 11.1 Å². The van der Waals surface area contributed by atoms with E-state index < -0.39 is 17.9 Å². The molecule has 1 amide bonds. The van der Waals surface area contributed by atoms with Gasteiger partial charge in [-0.15, -0.1) is 0 Å². The van der Waals surface area contributed by atoms with Crippen molar-refractivity contribution in [2.75, 3.05) is 5.32 Å². The van der Waals surface area contributed by atoms with E-state index >= 15 is 0 Å². The summed E-state index contributed by atoms with van der Waals surface area (Å²) in [5.74, 6) is -2.08. The van der Waals surface area contributed by atoms with Crippen LogP contribution in [-0.2, 0) is 6.18 Å². The van der Waals surface area contributed by atoms with E-state index in [1.807, 2.05) is 5.10 Å². The van der Waals surface area contributed by atoms with Crippen molar-refractivity contribution in [3.05, 3.63) is 70.2 Å². The average molecular weight is 482 g/mol. The molecular weight excluding hydrogens is 470 g/mol. The first kappa shape index (κ1) is 21.7. The maximum atomic E-state index is 12.7. The van der Waals surface area contributed by atoms with Gasteiger partial charge in [-0.3, -0.25) is 9.89 Å². The summed E-state index contributed by atoms with van der Waals surface area (Å²) < 4.78 is 39.4. The van der Waals surface area contributed by atoms with Gasteiger partial charge in [0, 0.05) is 11.3 Å².